The van der Waals surface area contributed by atoms with Crippen LogP contribution in [-0.4, -0.2) is 56.4 Å². The lowest BCUT2D eigenvalue weighted by Crippen LogP contribution is -2.38. The number of rotatable bonds is 5. The first-order valence-corrected chi connectivity index (χ1v) is 9.91. The molecule has 1 N–H and O–H groups in total. The number of fused-ring (bicyclic) bond motifs is 1. The highest BCUT2D eigenvalue weighted by Crippen LogP contribution is 2.18. The van der Waals surface area contributed by atoms with Crippen LogP contribution in [0, 0.1) is 13.8 Å². The van der Waals surface area contributed by atoms with E-state index in [4.69, 9.17) is 4.74 Å². The zero-order valence-corrected chi connectivity index (χ0v) is 16.5. The molecule has 7 heteroatoms. The number of nitrogens with one attached hydrogen (secondary N) is 1. The molecule has 0 aliphatic carbocycles. The normalized spacial score (nSPS) is 17.8. The van der Waals surface area contributed by atoms with E-state index in [9.17, 15) is 4.79 Å². The van der Waals surface area contributed by atoms with Gasteiger partial charge in [0, 0.05) is 44.9 Å². The second kappa shape index (κ2) is 8.14. The molecule has 0 spiro atoms. The number of benzene rings is 1. The SMILES string of the molecule is Cc1cc2nc(CCC(=O)N3CCCOC(Cn4cccn4)C3)[nH]c2cc1C. The van der Waals surface area contributed by atoms with Crippen LogP contribution in [0.4, 0.5) is 0 Å². The lowest BCUT2D eigenvalue weighted by atomic mass is 10.1. The monoisotopic (exact) mass is 381 g/mol. The van der Waals surface area contributed by atoms with Gasteiger partial charge in [-0.15, -0.1) is 0 Å². The molecule has 0 saturated carbocycles. The number of ether oxygens (including phenoxy) is 1. The van der Waals surface area contributed by atoms with Crippen LogP contribution in [0.15, 0.2) is 30.6 Å². The van der Waals surface area contributed by atoms with Gasteiger partial charge in [-0.2, -0.15) is 5.10 Å². The van der Waals surface area contributed by atoms with Gasteiger partial charge >= 0.3 is 0 Å². The molecule has 1 aliphatic rings. The third-order valence-electron chi connectivity index (χ3n) is 5.37. The van der Waals surface area contributed by atoms with E-state index in [1.807, 2.05) is 21.8 Å². The molecule has 4 rings (SSSR count). The summed E-state index contributed by atoms with van der Waals surface area (Å²) in [5, 5.41) is 4.24. The van der Waals surface area contributed by atoms with Crippen LogP contribution in [0.3, 0.4) is 0 Å². The summed E-state index contributed by atoms with van der Waals surface area (Å²) >= 11 is 0. The van der Waals surface area contributed by atoms with Gasteiger partial charge in [0.15, 0.2) is 0 Å². The number of imidazole rings is 1. The van der Waals surface area contributed by atoms with Crippen LogP contribution in [0.1, 0.15) is 29.8 Å². The number of aryl methyl sites for hydroxylation is 3. The maximum absolute atomic E-state index is 12.8. The predicted octanol–water partition coefficient (Wildman–Crippen LogP) is 2.63. The molecule has 1 saturated heterocycles. The molecule has 1 atom stereocenters. The van der Waals surface area contributed by atoms with Crippen molar-refractivity contribution >= 4 is 16.9 Å². The molecule has 1 aromatic carbocycles. The average molecular weight is 381 g/mol. The Morgan fingerprint density at radius 3 is 3.00 bits per heavy atom. The van der Waals surface area contributed by atoms with E-state index >= 15 is 0 Å². The zero-order chi connectivity index (χ0) is 19.5. The Balaban J connectivity index is 1.37. The van der Waals surface area contributed by atoms with Crippen molar-refractivity contribution in [3.8, 4) is 0 Å². The van der Waals surface area contributed by atoms with E-state index in [0.29, 0.717) is 32.5 Å². The topological polar surface area (TPSA) is 76.0 Å². The zero-order valence-electron chi connectivity index (χ0n) is 16.5. The minimum absolute atomic E-state index is 0.0245. The third kappa shape index (κ3) is 4.25. The molecule has 2 aromatic heterocycles. The van der Waals surface area contributed by atoms with Crippen LogP contribution in [0.5, 0.6) is 0 Å². The highest BCUT2D eigenvalue weighted by atomic mass is 16.5. The molecule has 1 amide bonds. The molecule has 1 unspecified atom stereocenters. The van der Waals surface area contributed by atoms with E-state index in [-0.39, 0.29) is 12.0 Å². The molecule has 1 aliphatic heterocycles. The summed E-state index contributed by atoms with van der Waals surface area (Å²) in [4.78, 5) is 22.7. The van der Waals surface area contributed by atoms with Gasteiger partial charge in [0.25, 0.3) is 0 Å². The van der Waals surface area contributed by atoms with Gasteiger partial charge in [0.05, 0.1) is 23.7 Å². The fourth-order valence-corrected chi connectivity index (χ4v) is 3.67. The summed E-state index contributed by atoms with van der Waals surface area (Å²) < 4.78 is 7.77. The van der Waals surface area contributed by atoms with Crippen molar-refractivity contribution in [2.45, 2.75) is 45.8 Å². The van der Waals surface area contributed by atoms with Crippen molar-refractivity contribution in [2.75, 3.05) is 19.7 Å². The standard InChI is InChI=1S/C21H27N5O2/c1-15-11-18-19(12-16(15)2)24-20(23-18)5-6-21(27)25-8-4-10-28-17(13-25)14-26-9-3-7-22-26/h3,7,9,11-12,17H,4-6,8,10,13-14H2,1-2H3,(H,23,24). The second-order valence-electron chi connectivity index (χ2n) is 7.55. The van der Waals surface area contributed by atoms with Gasteiger partial charge in [0.2, 0.25) is 5.91 Å². The molecular formula is C21H27N5O2. The summed E-state index contributed by atoms with van der Waals surface area (Å²) in [5.41, 5.74) is 4.47. The Morgan fingerprint density at radius 1 is 1.32 bits per heavy atom. The summed E-state index contributed by atoms with van der Waals surface area (Å²) in [6.07, 6.45) is 5.59. The highest BCUT2D eigenvalue weighted by molar-refractivity contribution is 5.78. The second-order valence-corrected chi connectivity index (χ2v) is 7.55. The maximum atomic E-state index is 12.8. The Hall–Kier alpha value is -2.67. The van der Waals surface area contributed by atoms with Crippen molar-refractivity contribution in [1.82, 2.24) is 24.6 Å². The number of hydrogen-bond donors (Lipinski definition) is 1. The Morgan fingerprint density at radius 2 is 2.18 bits per heavy atom. The quantitative estimate of drug-likeness (QED) is 0.737. The van der Waals surface area contributed by atoms with Crippen LogP contribution in [0.25, 0.3) is 11.0 Å². The van der Waals surface area contributed by atoms with E-state index in [1.54, 1.807) is 6.20 Å². The van der Waals surface area contributed by atoms with E-state index in [2.05, 4.69) is 41.0 Å². The number of H-pyrrole nitrogens is 1. The number of aromatic amines is 1. The van der Waals surface area contributed by atoms with Gasteiger partial charge in [-0.05, 0) is 49.6 Å². The van der Waals surface area contributed by atoms with Gasteiger partial charge in [-0.3, -0.25) is 9.48 Å². The van der Waals surface area contributed by atoms with Crippen LogP contribution < -0.4 is 0 Å². The minimum Gasteiger partial charge on any atom is -0.374 e. The first-order valence-electron chi connectivity index (χ1n) is 9.91. The van der Waals surface area contributed by atoms with Gasteiger partial charge < -0.3 is 14.6 Å². The van der Waals surface area contributed by atoms with Crippen molar-refractivity contribution < 1.29 is 9.53 Å². The van der Waals surface area contributed by atoms with Gasteiger partial charge in [0.1, 0.15) is 5.82 Å². The first-order chi connectivity index (χ1) is 13.6. The molecule has 3 aromatic rings. The molecule has 0 radical (unpaired) electrons. The van der Waals surface area contributed by atoms with Gasteiger partial charge in [-0.25, -0.2) is 4.98 Å². The summed E-state index contributed by atoms with van der Waals surface area (Å²) in [6, 6.07) is 6.11. The van der Waals surface area contributed by atoms with Gasteiger partial charge in [-0.1, -0.05) is 0 Å². The first kappa shape index (κ1) is 18.7. The number of carbonyl (C=O) groups excluding carboxylic acids is 1. The van der Waals surface area contributed by atoms with E-state index in [0.717, 1.165) is 29.8 Å². The Labute approximate surface area is 164 Å². The minimum atomic E-state index is -0.0245. The molecule has 0 bridgehead atoms. The Bertz CT molecular complexity index is 908. The van der Waals surface area contributed by atoms with Crippen LogP contribution in [0.2, 0.25) is 0 Å². The lowest BCUT2D eigenvalue weighted by Gasteiger charge is -2.24. The Kier molecular flexibility index (Phi) is 5.43. The summed E-state index contributed by atoms with van der Waals surface area (Å²) in [6.45, 7) is 6.88. The molecule has 3 heterocycles. The fraction of sp³-hybridized carbons (Fsp3) is 0.476. The number of amides is 1. The highest BCUT2D eigenvalue weighted by Gasteiger charge is 2.23. The van der Waals surface area contributed by atoms with Crippen LogP contribution >= 0.6 is 0 Å². The molecule has 1 fully saturated rings. The van der Waals surface area contributed by atoms with Crippen molar-refractivity contribution in [2.24, 2.45) is 0 Å². The number of aromatic nitrogens is 4. The largest absolute Gasteiger partial charge is 0.374 e. The van der Waals surface area contributed by atoms with Crippen LogP contribution in [-0.2, 0) is 22.5 Å². The van der Waals surface area contributed by atoms with Crippen molar-refractivity contribution in [3.05, 3.63) is 47.5 Å². The summed E-state index contributed by atoms with van der Waals surface area (Å²) in [7, 11) is 0. The number of carbonyl (C=O) groups is 1. The summed E-state index contributed by atoms with van der Waals surface area (Å²) in [5.74, 6) is 1.02. The van der Waals surface area contributed by atoms with Crippen molar-refractivity contribution in [1.29, 1.82) is 0 Å². The number of hydrogen-bond acceptors (Lipinski definition) is 4. The molecule has 148 valence electrons. The molecule has 7 nitrogen and oxygen atoms in total. The smallest absolute Gasteiger partial charge is 0.223 e. The van der Waals surface area contributed by atoms with E-state index in [1.165, 1.54) is 11.1 Å². The fourth-order valence-electron chi connectivity index (χ4n) is 3.67. The van der Waals surface area contributed by atoms with Crippen molar-refractivity contribution in [3.63, 3.8) is 0 Å². The maximum Gasteiger partial charge on any atom is 0.223 e. The third-order valence-corrected chi connectivity index (χ3v) is 5.37. The van der Waals surface area contributed by atoms with E-state index < -0.39 is 0 Å². The number of nitrogens with zero attached hydrogens (tertiary/aromatic N) is 4. The predicted molar refractivity (Wildman–Crippen MR) is 107 cm³/mol. The molecule has 28 heavy (non-hydrogen) atoms. The lowest BCUT2D eigenvalue weighted by molar-refractivity contribution is -0.132. The average Bonchev–Trinajstić information content (AvgIpc) is 3.25. The molecular weight excluding hydrogens is 354 g/mol.